The van der Waals surface area contributed by atoms with Crippen molar-refractivity contribution in [3.63, 3.8) is 0 Å². The number of nitrogens with zero attached hydrogens (tertiary/aromatic N) is 2. The Labute approximate surface area is 109 Å². The van der Waals surface area contributed by atoms with E-state index in [2.05, 4.69) is 4.98 Å². The third-order valence-electron chi connectivity index (χ3n) is 3.42. The Morgan fingerprint density at radius 2 is 2.26 bits per heavy atom. The molecular weight excluding hydrogens is 244 g/mol. The molecule has 0 spiro atoms. The van der Waals surface area contributed by atoms with Crippen molar-refractivity contribution in [2.75, 3.05) is 0 Å². The monoisotopic (exact) mass is 258 g/mol. The molecule has 0 bridgehead atoms. The van der Waals surface area contributed by atoms with Gasteiger partial charge in [0, 0.05) is 12.3 Å². The topological polar surface area (TPSA) is 60.7 Å². The number of esters is 1. The first-order valence-electron chi connectivity index (χ1n) is 6.38. The van der Waals surface area contributed by atoms with Crippen LogP contribution in [0.3, 0.4) is 0 Å². The molecule has 1 aliphatic rings. The minimum Gasteiger partial charge on any atom is -0.459 e. The van der Waals surface area contributed by atoms with Crippen molar-refractivity contribution in [1.29, 1.82) is 0 Å². The number of aromatic nitrogens is 2. The Bertz CT molecular complexity index is 674. The molecule has 2 heterocycles. The molecule has 2 aromatic heterocycles. The summed E-state index contributed by atoms with van der Waals surface area (Å²) in [7, 11) is 0. The lowest BCUT2D eigenvalue weighted by molar-refractivity contribution is -0.152. The first-order chi connectivity index (χ1) is 9.24. The molecule has 0 aromatic carbocycles. The van der Waals surface area contributed by atoms with E-state index in [1.807, 2.05) is 6.07 Å². The Kier molecular flexibility index (Phi) is 3.03. The van der Waals surface area contributed by atoms with Gasteiger partial charge in [0.1, 0.15) is 12.3 Å². The van der Waals surface area contributed by atoms with Crippen LogP contribution in [0.4, 0.5) is 0 Å². The summed E-state index contributed by atoms with van der Waals surface area (Å²) in [4.78, 5) is 27.7. The highest BCUT2D eigenvalue weighted by atomic mass is 16.5. The van der Waals surface area contributed by atoms with Gasteiger partial charge in [0.05, 0.1) is 11.6 Å². The fourth-order valence-electron chi connectivity index (χ4n) is 2.08. The number of rotatable bonds is 3. The van der Waals surface area contributed by atoms with E-state index in [0.29, 0.717) is 11.3 Å². The van der Waals surface area contributed by atoms with Gasteiger partial charge >= 0.3 is 5.97 Å². The maximum absolute atomic E-state index is 11.8. The average molecular weight is 258 g/mol. The van der Waals surface area contributed by atoms with Crippen LogP contribution in [-0.4, -0.2) is 15.4 Å². The lowest BCUT2D eigenvalue weighted by Gasteiger charge is -2.22. The van der Waals surface area contributed by atoms with E-state index in [-0.39, 0.29) is 24.1 Å². The van der Waals surface area contributed by atoms with Gasteiger partial charge in [0.15, 0.2) is 0 Å². The standard InChI is InChI=1S/C14H14N2O3/c17-13-8-11(9-19-14(18)10-4-3-5-10)15-12-6-1-2-7-16(12)13/h1-2,6-8,10H,3-5,9H2. The molecular formula is C14H14N2O3. The van der Waals surface area contributed by atoms with E-state index in [1.165, 1.54) is 10.5 Å². The largest absolute Gasteiger partial charge is 0.459 e. The molecule has 0 atom stereocenters. The summed E-state index contributed by atoms with van der Waals surface area (Å²) in [6.45, 7) is 0.0654. The number of ether oxygens (including phenoxy) is 1. The van der Waals surface area contributed by atoms with Crippen LogP contribution in [-0.2, 0) is 16.1 Å². The molecule has 98 valence electrons. The van der Waals surface area contributed by atoms with Gasteiger partial charge in [0.25, 0.3) is 5.56 Å². The number of carbonyl (C=O) groups excluding carboxylic acids is 1. The highest BCUT2D eigenvalue weighted by molar-refractivity contribution is 5.73. The van der Waals surface area contributed by atoms with Crippen molar-refractivity contribution in [1.82, 2.24) is 9.38 Å². The maximum Gasteiger partial charge on any atom is 0.309 e. The van der Waals surface area contributed by atoms with Crippen molar-refractivity contribution in [3.8, 4) is 0 Å². The first kappa shape index (κ1) is 11.9. The quantitative estimate of drug-likeness (QED) is 0.783. The highest BCUT2D eigenvalue weighted by Gasteiger charge is 2.26. The van der Waals surface area contributed by atoms with Crippen molar-refractivity contribution >= 4 is 11.6 Å². The summed E-state index contributed by atoms with van der Waals surface area (Å²) in [5.41, 5.74) is 0.883. The van der Waals surface area contributed by atoms with E-state index in [4.69, 9.17) is 4.74 Å². The maximum atomic E-state index is 11.8. The molecule has 1 aliphatic carbocycles. The third kappa shape index (κ3) is 2.36. The summed E-state index contributed by atoms with van der Waals surface area (Å²) in [5.74, 6) is -0.136. The van der Waals surface area contributed by atoms with Gasteiger partial charge in [-0.15, -0.1) is 0 Å². The second kappa shape index (κ2) is 4.84. The molecule has 3 rings (SSSR count). The van der Waals surface area contributed by atoms with Crippen LogP contribution in [0.15, 0.2) is 35.3 Å². The molecule has 1 fully saturated rings. The molecule has 0 radical (unpaired) electrons. The smallest absolute Gasteiger partial charge is 0.309 e. The fraction of sp³-hybridized carbons (Fsp3) is 0.357. The third-order valence-corrected chi connectivity index (χ3v) is 3.42. The Hall–Kier alpha value is -2.17. The van der Waals surface area contributed by atoms with Crippen LogP contribution in [0.1, 0.15) is 25.0 Å². The van der Waals surface area contributed by atoms with Gasteiger partial charge in [-0.2, -0.15) is 0 Å². The predicted molar refractivity (Wildman–Crippen MR) is 68.6 cm³/mol. The summed E-state index contributed by atoms with van der Waals surface area (Å²) in [5, 5.41) is 0. The van der Waals surface area contributed by atoms with Gasteiger partial charge in [-0.25, -0.2) is 4.98 Å². The van der Waals surface area contributed by atoms with Crippen LogP contribution >= 0.6 is 0 Å². The second-order valence-electron chi connectivity index (χ2n) is 4.75. The molecule has 0 aliphatic heterocycles. The minimum absolute atomic E-state index is 0.0431. The van der Waals surface area contributed by atoms with Crippen LogP contribution in [0.2, 0.25) is 0 Å². The number of hydrogen-bond donors (Lipinski definition) is 0. The predicted octanol–water partition coefficient (Wildman–Crippen LogP) is 1.54. The summed E-state index contributed by atoms with van der Waals surface area (Å²) >= 11 is 0. The van der Waals surface area contributed by atoms with E-state index in [9.17, 15) is 9.59 Å². The molecule has 0 unspecified atom stereocenters. The molecule has 19 heavy (non-hydrogen) atoms. The van der Waals surface area contributed by atoms with Crippen LogP contribution in [0, 0.1) is 5.92 Å². The minimum atomic E-state index is -0.179. The van der Waals surface area contributed by atoms with E-state index >= 15 is 0 Å². The lowest BCUT2D eigenvalue weighted by atomic mass is 9.86. The van der Waals surface area contributed by atoms with Gasteiger partial charge in [-0.3, -0.25) is 14.0 Å². The normalized spacial score (nSPS) is 15.2. The molecule has 0 N–H and O–H groups in total. The van der Waals surface area contributed by atoms with E-state index < -0.39 is 0 Å². The van der Waals surface area contributed by atoms with Gasteiger partial charge < -0.3 is 4.74 Å². The number of fused-ring (bicyclic) bond motifs is 1. The Morgan fingerprint density at radius 3 is 3.00 bits per heavy atom. The van der Waals surface area contributed by atoms with E-state index in [1.54, 1.807) is 18.3 Å². The SMILES string of the molecule is O=C(OCc1cc(=O)n2ccccc2n1)C1CCC1. The summed E-state index contributed by atoms with van der Waals surface area (Å²) in [6.07, 6.45) is 4.57. The second-order valence-corrected chi connectivity index (χ2v) is 4.75. The van der Waals surface area contributed by atoms with Crippen molar-refractivity contribution < 1.29 is 9.53 Å². The zero-order valence-corrected chi connectivity index (χ0v) is 10.4. The summed E-state index contributed by atoms with van der Waals surface area (Å²) < 4.78 is 6.64. The lowest BCUT2D eigenvalue weighted by Crippen LogP contribution is -2.24. The molecule has 0 amide bonds. The first-order valence-corrected chi connectivity index (χ1v) is 6.38. The van der Waals surface area contributed by atoms with Crippen LogP contribution < -0.4 is 5.56 Å². The van der Waals surface area contributed by atoms with Gasteiger partial charge in [-0.1, -0.05) is 12.5 Å². The number of pyridine rings is 1. The Morgan fingerprint density at radius 1 is 1.42 bits per heavy atom. The Balaban J connectivity index is 1.77. The average Bonchev–Trinajstić information content (AvgIpc) is 2.34. The number of carbonyl (C=O) groups is 1. The van der Waals surface area contributed by atoms with E-state index in [0.717, 1.165) is 19.3 Å². The van der Waals surface area contributed by atoms with Crippen LogP contribution in [0.5, 0.6) is 0 Å². The summed E-state index contributed by atoms with van der Waals surface area (Å²) in [6, 6.07) is 6.73. The molecule has 5 heteroatoms. The molecule has 0 saturated heterocycles. The molecule has 1 saturated carbocycles. The van der Waals surface area contributed by atoms with Crippen molar-refractivity contribution in [2.45, 2.75) is 25.9 Å². The number of hydrogen-bond acceptors (Lipinski definition) is 4. The van der Waals surface area contributed by atoms with Gasteiger partial charge in [0.2, 0.25) is 0 Å². The van der Waals surface area contributed by atoms with Gasteiger partial charge in [-0.05, 0) is 25.0 Å². The van der Waals surface area contributed by atoms with Crippen LogP contribution in [0.25, 0.3) is 5.65 Å². The highest BCUT2D eigenvalue weighted by Crippen LogP contribution is 2.27. The molecule has 2 aromatic rings. The van der Waals surface area contributed by atoms with Crippen molar-refractivity contribution in [3.05, 3.63) is 46.5 Å². The zero-order chi connectivity index (χ0) is 13.2. The molecule has 5 nitrogen and oxygen atoms in total. The fourth-order valence-corrected chi connectivity index (χ4v) is 2.08. The van der Waals surface area contributed by atoms with Crippen molar-refractivity contribution in [2.24, 2.45) is 5.92 Å². The zero-order valence-electron chi connectivity index (χ0n) is 10.4.